The normalized spacial score (nSPS) is 21.7. The number of anilines is 2. The van der Waals surface area contributed by atoms with Crippen LogP contribution in [0.25, 0.3) is 0 Å². The molecule has 8 heteroatoms. The molecule has 2 aliphatic heterocycles. The first-order chi connectivity index (χ1) is 15.0. The van der Waals surface area contributed by atoms with Gasteiger partial charge in [0.2, 0.25) is 5.91 Å². The largest absolute Gasteiger partial charge is 0.371 e. The molecule has 0 aromatic heterocycles. The minimum Gasteiger partial charge on any atom is -0.371 e. The van der Waals surface area contributed by atoms with E-state index in [1.807, 2.05) is 6.34 Å². The average molecular weight is 445 g/mol. The quantitative estimate of drug-likeness (QED) is 0.616. The fourth-order valence-corrected chi connectivity index (χ4v) is 5.33. The summed E-state index contributed by atoms with van der Waals surface area (Å²) in [5.74, 6) is 1.36. The van der Waals surface area contributed by atoms with E-state index >= 15 is 0 Å². The van der Waals surface area contributed by atoms with Crippen molar-refractivity contribution in [3.63, 3.8) is 0 Å². The van der Waals surface area contributed by atoms with Crippen LogP contribution in [-0.2, 0) is 4.79 Å². The van der Waals surface area contributed by atoms with Crippen molar-refractivity contribution in [3.05, 3.63) is 23.8 Å². The van der Waals surface area contributed by atoms with Crippen LogP contribution in [0.4, 0.5) is 11.4 Å². The van der Waals surface area contributed by atoms with Crippen LogP contribution < -0.4 is 10.2 Å². The maximum Gasteiger partial charge on any atom is 0.227 e. The van der Waals surface area contributed by atoms with Gasteiger partial charge in [0.15, 0.2) is 6.17 Å². The summed E-state index contributed by atoms with van der Waals surface area (Å²) in [6.45, 7) is 3.15. The van der Waals surface area contributed by atoms with Gasteiger partial charge < -0.3 is 20.0 Å². The van der Waals surface area contributed by atoms with Gasteiger partial charge in [-0.3, -0.25) is 4.79 Å². The Balaban J connectivity index is 1.60. The van der Waals surface area contributed by atoms with Gasteiger partial charge in [0.25, 0.3) is 0 Å². The predicted octanol–water partition coefficient (Wildman–Crippen LogP) is 3.81. The standard InChI is InChI=1S/C23H36N6OS/c1-26(2)14-15-31-29-23(27(3)17-24-29)20-11-10-19(25-22(30)18-8-9-18)16-21(20)28-12-6-4-5-7-13-28/h10-11,16-18,23H,4-9,12-15H2,1-3H3,(H,25,30). The summed E-state index contributed by atoms with van der Waals surface area (Å²) in [5, 5.41) is 7.82. The number of benzene rings is 1. The van der Waals surface area contributed by atoms with Crippen LogP contribution in [0.5, 0.6) is 0 Å². The summed E-state index contributed by atoms with van der Waals surface area (Å²) in [6.07, 6.45) is 9.04. The van der Waals surface area contributed by atoms with Gasteiger partial charge in [-0.25, -0.2) is 4.41 Å². The van der Waals surface area contributed by atoms with Gasteiger partial charge in [-0.15, -0.1) is 0 Å². The van der Waals surface area contributed by atoms with Crippen LogP contribution >= 0.6 is 11.9 Å². The summed E-state index contributed by atoms with van der Waals surface area (Å²) in [5.41, 5.74) is 3.40. The van der Waals surface area contributed by atoms with Crippen molar-refractivity contribution >= 4 is 35.6 Å². The van der Waals surface area contributed by atoms with Crippen molar-refractivity contribution < 1.29 is 4.79 Å². The highest BCUT2D eigenvalue weighted by molar-refractivity contribution is 7.97. The molecule has 2 fully saturated rings. The van der Waals surface area contributed by atoms with E-state index in [1.54, 1.807) is 11.9 Å². The third-order valence-electron chi connectivity index (χ3n) is 6.18. The molecule has 170 valence electrons. The van der Waals surface area contributed by atoms with Gasteiger partial charge in [0.1, 0.15) is 6.34 Å². The summed E-state index contributed by atoms with van der Waals surface area (Å²) in [6, 6.07) is 6.44. The third kappa shape index (κ3) is 5.66. The first kappa shape index (κ1) is 22.3. The Morgan fingerprint density at radius 1 is 1.19 bits per heavy atom. The Kier molecular flexibility index (Phi) is 7.27. The summed E-state index contributed by atoms with van der Waals surface area (Å²) < 4.78 is 2.13. The number of carbonyl (C=O) groups excluding carboxylic acids is 1. The Hall–Kier alpha value is -1.93. The second-order valence-electron chi connectivity index (χ2n) is 9.15. The van der Waals surface area contributed by atoms with Crippen molar-refractivity contribution in [2.24, 2.45) is 11.0 Å². The van der Waals surface area contributed by atoms with Crippen molar-refractivity contribution in [2.45, 2.75) is 44.7 Å². The highest BCUT2D eigenvalue weighted by Gasteiger charge is 2.32. The first-order valence-corrected chi connectivity index (χ1v) is 12.5. The molecule has 4 rings (SSSR count). The number of nitrogens with zero attached hydrogens (tertiary/aromatic N) is 5. The highest BCUT2D eigenvalue weighted by atomic mass is 32.2. The van der Waals surface area contributed by atoms with Crippen LogP contribution in [0, 0.1) is 5.92 Å². The molecule has 1 aromatic carbocycles. The number of amides is 1. The zero-order chi connectivity index (χ0) is 21.8. The van der Waals surface area contributed by atoms with E-state index in [9.17, 15) is 4.79 Å². The summed E-state index contributed by atoms with van der Waals surface area (Å²) >= 11 is 1.77. The summed E-state index contributed by atoms with van der Waals surface area (Å²) in [7, 11) is 6.29. The third-order valence-corrected chi connectivity index (χ3v) is 7.10. The minimum atomic E-state index is 0.0543. The van der Waals surface area contributed by atoms with Crippen LogP contribution in [0.15, 0.2) is 23.3 Å². The molecular formula is C23H36N6OS. The fourth-order valence-electron chi connectivity index (χ4n) is 4.19. The van der Waals surface area contributed by atoms with Gasteiger partial charge in [-0.05, 0) is 63.9 Å². The Morgan fingerprint density at radius 3 is 2.61 bits per heavy atom. The number of carbonyl (C=O) groups is 1. The Labute approximate surface area is 190 Å². The van der Waals surface area contributed by atoms with Crippen molar-refractivity contribution in [1.82, 2.24) is 14.2 Å². The van der Waals surface area contributed by atoms with E-state index in [1.165, 1.54) is 36.9 Å². The summed E-state index contributed by atoms with van der Waals surface area (Å²) in [4.78, 5) is 19.3. The number of hydrogen-bond donors (Lipinski definition) is 1. The number of hydrogen-bond acceptors (Lipinski definition) is 7. The second kappa shape index (κ2) is 10.1. The smallest absolute Gasteiger partial charge is 0.227 e. The molecule has 1 aliphatic carbocycles. The molecule has 2 heterocycles. The van der Waals surface area contributed by atoms with Crippen molar-refractivity contribution in [2.75, 3.05) is 56.7 Å². The maximum atomic E-state index is 12.4. The van der Waals surface area contributed by atoms with E-state index in [0.29, 0.717) is 0 Å². The van der Waals surface area contributed by atoms with E-state index < -0.39 is 0 Å². The Bertz CT molecular complexity index is 788. The molecule has 0 radical (unpaired) electrons. The molecule has 1 N–H and O–H groups in total. The monoisotopic (exact) mass is 444 g/mol. The fraction of sp³-hybridized carbons (Fsp3) is 0.652. The molecule has 3 aliphatic rings. The highest BCUT2D eigenvalue weighted by Crippen LogP contribution is 2.40. The van der Waals surface area contributed by atoms with E-state index in [0.717, 1.165) is 43.9 Å². The molecule has 1 unspecified atom stereocenters. The SMILES string of the molecule is CN(C)CCSN1N=CN(C)C1c1ccc(NC(=O)C2CC2)cc1N1CCCCCC1. The second-order valence-corrected chi connectivity index (χ2v) is 10.2. The zero-order valence-corrected chi connectivity index (χ0v) is 19.9. The van der Waals surface area contributed by atoms with Crippen LogP contribution in [-0.4, -0.2) is 73.0 Å². The van der Waals surface area contributed by atoms with E-state index in [2.05, 4.69) is 68.9 Å². The molecule has 0 spiro atoms. The van der Waals surface area contributed by atoms with E-state index in [-0.39, 0.29) is 18.0 Å². The lowest BCUT2D eigenvalue weighted by Gasteiger charge is -2.33. The zero-order valence-electron chi connectivity index (χ0n) is 19.1. The minimum absolute atomic E-state index is 0.0543. The molecule has 31 heavy (non-hydrogen) atoms. The molecule has 1 aromatic rings. The molecule has 1 saturated heterocycles. The lowest BCUT2D eigenvalue weighted by molar-refractivity contribution is -0.117. The number of nitrogens with one attached hydrogen (secondary N) is 1. The van der Waals surface area contributed by atoms with E-state index in [4.69, 9.17) is 0 Å². The Morgan fingerprint density at radius 2 is 1.94 bits per heavy atom. The molecule has 0 bridgehead atoms. The first-order valence-electron chi connectivity index (χ1n) is 11.6. The van der Waals surface area contributed by atoms with Crippen LogP contribution in [0.1, 0.15) is 50.3 Å². The van der Waals surface area contributed by atoms with Crippen molar-refractivity contribution in [3.8, 4) is 0 Å². The number of hydrazone groups is 1. The van der Waals surface area contributed by atoms with Gasteiger partial charge in [-0.2, -0.15) is 5.10 Å². The maximum absolute atomic E-state index is 12.4. The van der Waals surface area contributed by atoms with Gasteiger partial charge in [-0.1, -0.05) is 18.9 Å². The average Bonchev–Trinajstić information content (AvgIpc) is 3.56. The van der Waals surface area contributed by atoms with Crippen molar-refractivity contribution in [1.29, 1.82) is 0 Å². The van der Waals surface area contributed by atoms with Gasteiger partial charge >= 0.3 is 0 Å². The molecule has 7 nitrogen and oxygen atoms in total. The lowest BCUT2D eigenvalue weighted by Crippen LogP contribution is -2.31. The topological polar surface area (TPSA) is 54.4 Å². The predicted molar refractivity (Wildman–Crippen MR) is 130 cm³/mol. The molecule has 1 atom stereocenters. The molecule has 1 saturated carbocycles. The van der Waals surface area contributed by atoms with Gasteiger partial charge in [0, 0.05) is 55.3 Å². The lowest BCUT2D eigenvalue weighted by atomic mass is 10.1. The molecule has 1 amide bonds. The van der Waals surface area contributed by atoms with Crippen LogP contribution in [0.2, 0.25) is 0 Å². The van der Waals surface area contributed by atoms with Gasteiger partial charge in [0.05, 0.1) is 0 Å². The molecular weight excluding hydrogens is 408 g/mol. The van der Waals surface area contributed by atoms with Crippen LogP contribution in [0.3, 0.4) is 0 Å². The number of rotatable bonds is 8.